The average Bonchev–Trinajstić information content (AvgIpc) is 3.23. The van der Waals surface area contributed by atoms with Gasteiger partial charge in [-0.15, -0.1) is 5.10 Å². The van der Waals surface area contributed by atoms with Crippen molar-refractivity contribution < 1.29 is 4.39 Å². The van der Waals surface area contributed by atoms with Crippen molar-refractivity contribution in [1.29, 1.82) is 5.26 Å². The molecule has 10 heteroatoms. The number of aromatic nitrogens is 3. The second-order valence-corrected chi connectivity index (χ2v) is 7.89. The van der Waals surface area contributed by atoms with Crippen LogP contribution in [0.3, 0.4) is 0 Å². The number of pyridine rings is 1. The molecule has 2 aromatic heterocycles. The SMILES string of the molecule is N#Cc1cnc2c(Br)cc(NCc3csnn3)cc2c1Nc1ccc(F)c(Cl)c1. The van der Waals surface area contributed by atoms with Gasteiger partial charge in [0.1, 0.15) is 11.9 Å². The maximum absolute atomic E-state index is 13.5. The largest absolute Gasteiger partial charge is 0.379 e. The quantitative estimate of drug-likeness (QED) is 0.365. The standard InChI is InChI=1S/C19H11BrClFN6S/c20-15-4-12(24-8-13-9-29-28-27-13)3-14-18(10(6-23)7-25-19(14)15)26-11-1-2-17(22)16(21)5-11/h1-5,7,9,24H,8H2,(H,25,26). The van der Waals surface area contributed by atoms with E-state index in [1.54, 1.807) is 6.07 Å². The lowest BCUT2D eigenvalue weighted by molar-refractivity contribution is 0.628. The molecule has 4 aromatic rings. The molecule has 29 heavy (non-hydrogen) atoms. The summed E-state index contributed by atoms with van der Waals surface area (Å²) in [6, 6.07) is 10.2. The van der Waals surface area contributed by atoms with E-state index >= 15 is 0 Å². The number of nitrogens with zero attached hydrogens (tertiary/aromatic N) is 4. The highest BCUT2D eigenvalue weighted by Crippen LogP contribution is 2.35. The van der Waals surface area contributed by atoms with Crippen LogP contribution in [0, 0.1) is 17.1 Å². The van der Waals surface area contributed by atoms with E-state index in [9.17, 15) is 9.65 Å². The molecule has 0 atom stereocenters. The Morgan fingerprint density at radius 2 is 2.10 bits per heavy atom. The summed E-state index contributed by atoms with van der Waals surface area (Å²) in [5, 5.41) is 22.6. The van der Waals surface area contributed by atoms with Crippen LogP contribution in [0.1, 0.15) is 11.3 Å². The van der Waals surface area contributed by atoms with Crippen LogP contribution in [0.4, 0.5) is 21.5 Å². The molecule has 0 unspecified atom stereocenters. The highest BCUT2D eigenvalue weighted by atomic mass is 79.9. The van der Waals surface area contributed by atoms with Gasteiger partial charge in [-0.3, -0.25) is 4.98 Å². The van der Waals surface area contributed by atoms with Gasteiger partial charge >= 0.3 is 0 Å². The van der Waals surface area contributed by atoms with Gasteiger partial charge in [0.05, 0.1) is 34.0 Å². The Kier molecular flexibility index (Phi) is 5.58. The number of anilines is 3. The lowest BCUT2D eigenvalue weighted by Gasteiger charge is -2.14. The van der Waals surface area contributed by atoms with Crippen molar-refractivity contribution in [2.45, 2.75) is 6.54 Å². The summed E-state index contributed by atoms with van der Waals surface area (Å²) in [6.07, 6.45) is 1.49. The van der Waals surface area contributed by atoms with Crippen molar-refractivity contribution in [1.82, 2.24) is 14.6 Å². The van der Waals surface area contributed by atoms with Gasteiger partial charge in [-0.1, -0.05) is 16.1 Å². The summed E-state index contributed by atoms with van der Waals surface area (Å²) < 4.78 is 18.1. The first-order valence-corrected chi connectivity index (χ1v) is 10.3. The van der Waals surface area contributed by atoms with Crippen molar-refractivity contribution >= 4 is 67.0 Å². The Morgan fingerprint density at radius 1 is 1.24 bits per heavy atom. The molecule has 0 saturated carbocycles. The summed E-state index contributed by atoms with van der Waals surface area (Å²) in [7, 11) is 0. The number of halogens is 3. The summed E-state index contributed by atoms with van der Waals surface area (Å²) in [5.74, 6) is -0.511. The third-order valence-corrected chi connectivity index (χ3v) is 5.56. The fourth-order valence-electron chi connectivity index (χ4n) is 2.75. The first-order valence-electron chi connectivity index (χ1n) is 8.29. The molecule has 0 aliphatic rings. The number of benzene rings is 2. The minimum atomic E-state index is -0.511. The first-order chi connectivity index (χ1) is 14.0. The highest BCUT2D eigenvalue weighted by Gasteiger charge is 2.14. The smallest absolute Gasteiger partial charge is 0.141 e. The summed E-state index contributed by atoms with van der Waals surface area (Å²) in [5.41, 5.74) is 3.79. The Hall–Kier alpha value is -2.80. The predicted octanol–water partition coefficient (Wildman–Crippen LogP) is 5.87. The van der Waals surface area contributed by atoms with Gasteiger partial charge in [0.25, 0.3) is 0 Å². The third-order valence-electron chi connectivity index (χ3n) is 4.11. The van der Waals surface area contributed by atoms with Crippen molar-refractivity contribution in [3.8, 4) is 6.07 Å². The van der Waals surface area contributed by atoms with E-state index in [1.165, 1.54) is 29.9 Å². The minimum Gasteiger partial charge on any atom is -0.379 e. The molecule has 0 radical (unpaired) electrons. The molecule has 2 heterocycles. The number of nitrogens with one attached hydrogen (secondary N) is 2. The van der Waals surface area contributed by atoms with Crippen LogP contribution < -0.4 is 10.6 Å². The van der Waals surface area contributed by atoms with Crippen LogP contribution in [0.5, 0.6) is 0 Å². The van der Waals surface area contributed by atoms with E-state index in [-0.39, 0.29) is 5.02 Å². The molecule has 0 aliphatic heterocycles. The molecular formula is C19H11BrClFN6S. The second-order valence-electron chi connectivity index (χ2n) is 6.02. The lowest BCUT2D eigenvalue weighted by Crippen LogP contribution is -2.02. The van der Waals surface area contributed by atoms with E-state index in [4.69, 9.17) is 11.6 Å². The Morgan fingerprint density at radius 3 is 2.83 bits per heavy atom. The number of nitriles is 1. The molecular weight excluding hydrogens is 479 g/mol. The monoisotopic (exact) mass is 488 g/mol. The Labute approximate surface area is 182 Å². The molecule has 2 aromatic carbocycles. The van der Waals surface area contributed by atoms with Crippen molar-refractivity contribution in [3.63, 3.8) is 0 Å². The zero-order valence-corrected chi connectivity index (χ0v) is 17.7. The lowest BCUT2D eigenvalue weighted by atomic mass is 10.1. The van der Waals surface area contributed by atoms with E-state index in [0.717, 1.165) is 21.2 Å². The Balaban J connectivity index is 1.78. The van der Waals surface area contributed by atoms with E-state index in [1.807, 2.05) is 17.5 Å². The second kappa shape index (κ2) is 8.29. The third kappa shape index (κ3) is 4.15. The number of hydrogen-bond donors (Lipinski definition) is 2. The summed E-state index contributed by atoms with van der Waals surface area (Å²) in [6.45, 7) is 0.510. The van der Waals surface area contributed by atoms with Crippen molar-refractivity contribution in [2.24, 2.45) is 0 Å². The topological polar surface area (TPSA) is 86.5 Å². The molecule has 0 fully saturated rings. The fraction of sp³-hybridized carbons (Fsp3) is 0.0526. The van der Waals surface area contributed by atoms with E-state index < -0.39 is 5.82 Å². The van der Waals surface area contributed by atoms with Crippen LogP contribution in [0.15, 0.2) is 46.4 Å². The van der Waals surface area contributed by atoms with Crippen LogP contribution in [-0.4, -0.2) is 14.6 Å². The molecule has 144 valence electrons. The molecule has 0 bridgehead atoms. The summed E-state index contributed by atoms with van der Waals surface area (Å²) >= 11 is 10.7. The maximum atomic E-state index is 13.5. The minimum absolute atomic E-state index is 0.00715. The fourth-order valence-corrected chi connectivity index (χ4v) is 3.95. The number of rotatable bonds is 5. The average molecular weight is 490 g/mol. The summed E-state index contributed by atoms with van der Waals surface area (Å²) in [4.78, 5) is 4.39. The number of fused-ring (bicyclic) bond motifs is 1. The van der Waals surface area contributed by atoms with Crippen LogP contribution in [0.25, 0.3) is 10.9 Å². The van der Waals surface area contributed by atoms with Gasteiger partial charge in [0, 0.05) is 32.8 Å². The zero-order valence-electron chi connectivity index (χ0n) is 14.6. The number of hydrogen-bond acceptors (Lipinski definition) is 7. The van der Waals surface area contributed by atoms with Gasteiger partial charge < -0.3 is 10.6 Å². The molecule has 0 aliphatic carbocycles. The van der Waals surface area contributed by atoms with Gasteiger partial charge in [-0.05, 0) is 57.8 Å². The molecule has 0 amide bonds. The molecule has 2 N–H and O–H groups in total. The maximum Gasteiger partial charge on any atom is 0.141 e. The molecule has 0 saturated heterocycles. The van der Waals surface area contributed by atoms with Gasteiger partial charge in [0.2, 0.25) is 0 Å². The predicted molar refractivity (Wildman–Crippen MR) is 116 cm³/mol. The van der Waals surface area contributed by atoms with Gasteiger partial charge in [-0.25, -0.2) is 4.39 Å². The highest BCUT2D eigenvalue weighted by molar-refractivity contribution is 9.10. The van der Waals surface area contributed by atoms with Crippen LogP contribution >= 0.6 is 39.1 Å². The van der Waals surface area contributed by atoms with Crippen molar-refractivity contribution in [3.05, 3.63) is 68.5 Å². The normalized spacial score (nSPS) is 10.7. The zero-order chi connectivity index (χ0) is 20.4. The molecule has 0 spiro atoms. The van der Waals surface area contributed by atoms with Crippen LogP contribution in [0.2, 0.25) is 5.02 Å². The van der Waals surface area contributed by atoms with E-state index in [0.29, 0.717) is 29.0 Å². The van der Waals surface area contributed by atoms with Gasteiger partial charge in [0.15, 0.2) is 0 Å². The van der Waals surface area contributed by atoms with Crippen LogP contribution in [-0.2, 0) is 6.54 Å². The Bertz CT molecular complexity index is 1240. The van der Waals surface area contributed by atoms with E-state index in [2.05, 4.69) is 47.2 Å². The van der Waals surface area contributed by atoms with Gasteiger partial charge in [-0.2, -0.15) is 5.26 Å². The van der Waals surface area contributed by atoms with Crippen molar-refractivity contribution in [2.75, 3.05) is 10.6 Å². The molecule has 6 nitrogen and oxygen atoms in total. The molecule has 4 rings (SSSR count). The first kappa shape index (κ1) is 19.5.